The molecule has 1 saturated heterocycles. The SMILES string of the molecule is COc1cc(NCc2c(Cl)n[nH]c2C2CC2)ccc1N1CCCC1=O. The molecule has 4 rings (SSSR count). The smallest absolute Gasteiger partial charge is 0.227 e. The number of halogens is 1. The first-order chi connectivity index (χ1) is 12.2. The number of carbonyl (C=O) groups is 1. The van der Waals surface area contributed by atoms with Gasteiger partial charge in [-0.25, -0.2) is 0 Å². The van der Waals surface area contributed by atoms with Gasteiger partial charge in [-0.1, -0.05) is 11.6 Å². The van der Waals surface area contributed by atoms with Gasteiger partial charge in [-0.2, -0.15) is 5.10 Å². The maximum absolute atomic E-state index is 12.0. The van der Waals surface area contributed by atoms with Crippen LogP contribution in [0.4, 0.5) is 11.4 Å². The molecule has 132 valence electrons. The number of aromatic nitrogens is 2. The molecule has 1 aromatic heterocycles. The van der Waals surface area contributed by atoms with Crippen molar-refractivity contribution in [3.63, 3.8) is 0 Å². The van der Waals surface area contributed by atoms with Crippen molar-refractivity contribution in [1.29, 1.82) is 0 Å². The van der Waals surface area contributed by atoms with Gasteiger partial charge in [-0.15, -0.1) is 0 Å². The molecule has 2 N–H and O–H groups in total. The highest BCUT2D eigenvalue weighted by Gasteiger charge is 2.29. The van der Waals surface area contributed by atoms with Gasteiger partial charge in [0.1, 0.15) is 5.75 Å². The number of ether oxygens (including phenoxy) is 1. The lowest BCUT2D eigenvalue weighted by atomic mass is 10.1. The minimum Gasteiger partial charge on any atom is -0.494 e. The fourth-order valence-electron chi connectivity index (χ4n) is 3.34. The Balaban J connectivity index is 1.51. The summed E-state index contributed by atoms with van der Waals surface area (Å²) in [5, 5.41) is 11.1. The van der Waals surface area contributed by atoms with E-state index in [9.17, 15) is 4.79 Å². The lowest BCUT2D eigenvalue weighted by molar-refractivity contribution is -0.117. The van der Waals surface area contributed by atoms with Crippen LogP contribution in [0.2, 0.25) is 5.15 Å². The van der Waals surface area contributed by atoms with Crippen molar-refractivity contribution in [2.24, 2.45) is 0 Å². The van der Waals surface area contributed by atoms with Crippen molar-refractivity contribution in [3.8, 4) is 5.75 Å². The molecule has 0 bridgehead atoms. The number of carbonyl (C=O) groups excluding carboxylic acids is 1. The Bertz CT molecular complexity index is 800. The highest BCUT2D eigenvalue weighted by Crippen LogP contribution is 2.42. The number of rotatable bonds is 6. The van der Waals surface area contributed by atoms with Crippen LogP contribution < -0.4 is 15.0 Å². The van der Waals surface area contributed by atoms with Crippen LogP contribution >= 0.6 is 11.6 Å². The molecule has 6 nitrogen and oxygen atoms in total. The molecule has 2 aliphatic rings. The standard InChI is InChI=1S/C18H21ClN4O2/c1-25-15-9-12(6-7-14(15)23-8-2-3-16(23)24)20-10-13-17(11-4-5-11)21-22-18(13)19/h6-7,9,11,20H,2-5,8,10H2,1H3,(H,21,22). The van der Waals surface area contributed by atoms with Crippen LogP contribution in [0, 0.1) is 0 Å². The summed E-state index contributed by atoms with van der Waals surface area (Å²) < 4.78 is 5.50. The normalized spacial score (nSPS) is 17.2. The van der Waals surface area contributed by atoms with Crippen LogP contribution in [0.15, 0.2) is 18.2 Å². The molecule has 0 unspecified atom stereocenters. The zero-order chi connectivity index (χ0) is 17.4. The van der Waals surface area contributed by atoms with E-state index in [1.165, 1.54) is 12.8 Å². The number of hydrogen-bond acceptors (Lipinski definition) is 4. The number of H-pyrrole nitrogens is 1. The zero-order valence-electron chi connectivity index (χ0n) is 14.1. The molecule has 1 aliphatic carbocycles. The molecule has 1 aliphatic heterocycles. The highest BCUT2D eigenvalue weighted by molar-refractivity contribution is 6.30. The molecule has 25 heavy (non-hydrogen) atoms. The van der Waals surface area contributed by atoms with E-state index in [0.717, 1.165) is 35.6 Å². The monoisotopic (exact) mass is 360 g/mol. The highest BCUT2D eigenvalue weighted by atomic mass is 35.5. The molecule has 0 atom stereocenters. The summed E-state index contributed by atoms with van der Waals surface area (Å²) in [6.07, 6.45) is 3.88. The number of aromatic amines is 1. The van der Waals surface area contributed by atoms with Gasteiger partial charge in [0.25, 0.3) is 0 Å². The van der Waals surface area contributed by atoms with E-state index >= 15 is 0 Å². The third-order valence-electron chi connectivity index (χ3n) is 4.85. The van der Waals surface area contributed by atoms with E-state index in [1.54, 1.807) is 12.0 Å². The van der Waals surface area contributed by atoms with Gasteiger partial charge in [0, 0.05) is 48.4 Å². The minimum atomic E-state index is 0.151. The predicted octanol–water partition coefficient (Wildman–Crippen LogP) is 3.69. The van der Waals surface area contributed by atoms with E-state index < -0.39 is 0 Å². The van der Waals surface area contributed by atoms with Crippen molar-refractivity contribution in [1.82, 2.24) is 10.2 Å². The van der Waals surface area contributed by atoms with E-state index in [-0.39, 0.29) is 5.91 Å². The fraction of sp³-hybridized carbons (Fsp3) is 0.444. The average Bonchev–Trinajstić information content (AvgIpc) is 3.28. The Morgan fingerprint density at radius 1 is 1.44 bits per heavy atom. The molecule has 2 fully saturated rings. The molecular weight excluding hydrogens is 340 g/mol. The number of nitrogens with one attached hydrogen (secondary N) is 2. The van der Waals surface area contributed by atoms with Crippen LogP contribution in [-0.4, -0.2) is 29.8 Å². The van der Waals surface area contributed by atoms with Crippen molar-refractivity contribution in [2.45, 2.75) is 38.1 Å². The fourth-order valence-corrected chi connectivity index (χ4v) is 3.55. The second-order valence-electron chi connectivity index (χ2n) is 6.57. The minimum absolute atomic E-state index is 0.151. The van der Waals surface area contributed by atoms with Crippen molar-refractivity contribution in [2.75, 3.05) is 23.9 Å². The first-order valence-corrected chi connectivity index (χ1v) is 9.00. The van der Waals surface area contributed by atoms with Crippen LogP contribution in [0.3, 0.4) is 0 Å². The third kappa shape index (κ3) is 3.18. The Kier molecular flexibility index (Phi) is 4.29. The summed E-state index contributed by atoms with van der Waals surface area (Å²) in [5.41, 5.74) is 3.92. The van der Waals surface area contributed by atoms with Crippen molar-refractivity contribution >= 4 is 28.9 Å². The van der Waals surface area contributed by atoms with Gasteiger partial charge in [0.2, 0.25) is 5.91 Å². The maximum Gasteiger partial charge on any atom is 0.227 e. The summed E-state index contributed by atoms with van der Waals surface area (Å²) in [6, 6.07) is 5.82. The lowest BCUT2D eigenvalue weighted by Crippen LogP contribution is -2.24. The summed E-state index contributed by atoms with van der Waals surface area (Å²) >= 11 is 6.22. The van der Waals surface area contributed by atoms with Gasteiger partial charge >= 0.3 is 0 Å². The van der Waals surface area contributed by atoms with E-state index in [0.29, 0.717) is 29.8 Å². The molecule has 1 saturated carbocycles. The topological polar surface area (TPSA) is 70.2 Å². The van der Waals surface area contributed by atoms with Crippen LogP contribution in [0.25, 0.3) is 0 Å². The van der Waals surface area contributed by atoms with E-state index in [2.05, 4.69) is 15.5 Å². The molecule has 2 heterocycles. The van der Waals surface area contributed by atoms with Crippen LogP contribution in [-0.2, 0) is 11.3 Å². The van der Waals surface area contributed by atoms with E-state index in [1.807, 2.05) is 18.2 Å². The zero-order valence-corrected chi connectivity index (χ0v) is 14.9. The molecule has 0 spiro atoms. The second-order valence-corrected chi connectivity index (χ2v) is 6.93. The number of benzene rings is 1. The van der Waals surface area contributed by atoms with Crippen molar-refractivity contribution < 1.29 is 9.53 Å². The summed E-state index contributed by atoms with van der Waals surface area (Å²) in [7, 11) is 1.63. The molecular formula is C18H21ClN4O2. The predicted molar refractivity (Wildman–Crippen MR) is 97.5 cm³/mol. The number of amides is 1. The molecule has 7 heteroatoms. The second kappa shape index (κ2) is 6.59. The molecule has 2 aromatic rings. The Morgan fingerprint density at radius 3 is 2.96 bits per heavy atom. The largest absolute Gasteiger partial charge is 0.494 e. The summed E-state index contributed by atoms with van der Waals surface area (Å²) in [5.74, 6) is 1.41. The molecule has 1 aromatic carbocycles. The summed E-state index contributed by atoms with van der Waals surface area (Å²) in [6.45, 7) is 1.35. The van der Waals surface area contributed by atoms with Gasteiger partial charge in [-0.05, 0) is 31.4 Å². The van der Waals surface area contributed by atoms with Crippen LogP contribution in [0.1, 0.15) is 42.9 Å². The maximum atomic E-state index is 12.0. The Morgan fingerprint density at radius 2 is 2.28 bits per heavy atom. The Labute approximate surface area is 151 Å². The quantitative estimate of drug-likeness (QED) is 0.824. The number of hydrogen-bond donors (Lipinski definition) is 2. The number of anilines is 2. The third-order valence-corrected chi connectivity index (χ3v) is 5.16. The first kappa shape index (κ1) is 16.3. The number of methoxy groups -OCH3 is 1. The molecule has 0 radical (unpaired) electrons. The van der Waals surface area contributed by atoms with Crippen molar-refractivity contribution in [3.05, 3.63) is 34.6 Å². The van der Waals surface area contributed by atoms with E-state index in [4.69, 9.17) is 16.3 Å². The molecule has 1 amide bonds. The first-order valence-electron chi connectivity index (χ1n) is 8.62. The average molecular weight is 361 g/mol. The Hall–Kier alpha value is -2.21. The van der Waals surface area contributed by atoms with Gasteiger partial charge in [0.05, 0.1) is 12.8 Å². The summed E-state index contributed by atoms with van der Waals surface area (Å²) in [4.78, 5) is 13.8. The van der Waals surface area contributed by atoms with Gasteiger partial charge in [0.15, 0.2) is 5.15 Å². The van der Waals surface area contributed by atoms with Gasteiger partial charge in [-0.3, -0.25) is 9.89 Å². The van der Waals surface area contributed by atoms with Gasteiger partial charge < -0.3 is 15.0 Å². The van der Waals surface area contributed by atoms with Crippen LogP contribution in [0.5, 0.6) is 5.75 Å². The number of nitrogens with zero attached hydrogens (tertiary/aromatic N) is 2. The lowest BCUT2D eigenvalue weighted by Gasteiger charge is -2.20.